The quantitative estimate of drug-likeness (QED) is 0.802. The number of methoxy groups -OCH3 is 1. The number of ether oxygens (including phenoxy) is 1. The lowest BCUT2D eigenvalue weighted by molar-refractivity contribution is 0.0737. The van der Waals surface area contributed by atoms with Gasteiger partial charge in [-0.1, -0.05) is 19.4 Å². The smallest absolute Gasteiger partial charge is 0.257 e. The molecule has 0 heterocycles. The zero-order valence-electron chi connectivity index (χ0n) is 11.7. The van der Waals surface area contributed by atoms with Crippen LogP contribution in [0.5, 0.6) is 5.75 Å². The molecule has 0 aromatic heterocycles. The number of nitrogens with two attached hydrogens (primary N) is 1. The van der Waals surface area contributed by atoms with E-state index >= 15 is 0 Å². The van der Waals surface area contributed by atoms with Crippen molar-refractivity contribution in [3.63, 3.8) is 0 Å². The van der Waals surface area contributed by atoms with Crippen LogP contribution < -0.4 is 10.5 Å². The fourth-order valence-corrected chi connectivity index (χ4v) is 2.27. The van der Waals surface area contributed by atoms with E-state index in [1.165, 1.54) is 0 Å². The summed E-state index contributed by atoms with van der Waals surface area (Å²) in [4.78, 5) is 14.6. The van der Waals surface area contributed by atoms with Crippen LogP contribution in [0.3, 0.4) is 0 Å². The molecule has 1 fully saturated rings. The number of para-hydroxylation sites is 1. The number of hydrogen-bond donors (Lipinski definition) is 1. The molecule has 2 N–H and O–H groups in total. The van der Waals surface area contributed by atoms with Gasteiger partial charge < -0.3 is 15.4 Å². The number of unbranched alkanes of at least 4 members (excludes halogenated alkanes) is 1. The zero-order chi connectivity index (χ0) is 13.8. The number of nitrogen functional groups attached to an aromatic ring is 1. The first kappa shape index (κ1) is 13.7. The van der Waals surface area contributed by atoms with Gasteiger partial charge in [0.15, 0.2) is 5.75 Å². The Morgan fingerprint density at radius 1 is 1.47 bits per heavy atom. The van der Waals surface area contributed by atoms with Crippen molar-refractivity contribution in [1.82, 2.24) is 4.90 Å². The predicted octanol–water partition coefficient (Wildman–Crippen LogP) is 2.68. The normalized spacial score (nSPS) is 14.2. The van der Waals surface area contributed by atoms with Gasteiger partial charge in [-0.3, -0.25) is 4.79 Å². The molecule has 0 saturated heterocycles. The van der Waals surface area contributed by atoms with Crippen LogP contribution in [0, 0.1) is 0 Å². The summed E-state index contributed by atoms with van der Waals surface area (Å²) in [5.41, 5.74) is 6.95. The minimum Gasteiger partial charge on any atom is -0.494 e. The Kier molecular flexibility index (Phi) is 4.30. The van der Waals surface area contributed by atoms with E-state index in [4.69, 9.17) is 10.5 Å². The van der Waals surface area contributed by atoms with Crippen molar-refractivity contribution in [1.29, 1.82) is 0 Å². The molecule has 1 aliphatic carbocycles. The number of nitrogens with zero attached hydrogens (tertiary/aromatic N) is 1. The highest BCUT2D eigenvalue weighted by molar-refractivity contribution is 5.99. The third kappa shape index (κ3) is 3.00. The van der Waals surface area contributed by atoms with Crippen molar-refractivity contribution in [2.24, 2.45) is 0 Å². The summed E-state index contributed by atoms with van der Waals surface area (Å²) in [6, 6.07) is 5.75. The van der Waals surface area contributed by atoms with Crippen molar-refractivity contribution < 1.29 is 9.53 Å². The molecule has 4 nitrogen and oxygen atoms in total. The summed E-state index contributed by atoms with van der Waals surface area (Å²) >= 11 is 0. The van der Waals surface area contributed by atoms with E-state index in [1.807, 2.05) is 4.90 Å². The molecular formula is C15H22N2O2. The molecule has 0 bridgehead atoms. The van der Waals surface area contributed by atoms with E-state index in [0.717, 1.165) is 32.2 Å². The van der Waals surface area contributed by atoms with Crippen LogP contribution in [0.15, 0.2) is 18.2 Å². The Balaban J connectivity index is 2.23. The summed E-state index contributed by atoms with van der Waals surface area (Å²) in [6.45, 7) is 2.95. The second kappa shape index (κ2) is 5.95. The number of benzene rings is 1. The first-order valence-electron chi connectivity index (χ1n) is 6.92. The number of amides is 1. The van der Waals surface area contributed by atoms with E-state index < -0.39 is 0 Å². The van der Waals surface area contributed by atoms with Crippen molar-refractivity contribution in [2.75, 3.05) is 19.4 Å². The highest BCUT2D eigenvalue weighted by Crippen LogP contribution is 2.32. The van der Waals surface area contributed by atoms with Crippen molar-refractivity contribution in [3.05, 3.63) is 23.8 Å². The Morgan fingerprint density at radius 2 is 2.21 bits per heavy atom. The highest BCUT2D eigenvalue weighted by atomic mass is 16.5. The van der Waals surface area contributed by atoms with Crippen molar-refractivity contribution >= 4 is 11.6 Å². The molecule has 1 aliphatic rings. The van der Waals surface area contributed by atoms with Gasteiger partial charge in [-0.05, 0) is 31.4 Å². The topological polar surface area (TPSA) is 55.6 Å². The Morgan fingerprint density at radius 3 is 2.79 bits per heavy atom. The predicted molar refractivity (Wildman–Crippen MR) is 76.4 cm³/mol. The maximum Gasteiger partial charge on any atom is 0.257 e. The van der Waals surface area contributed by atoms with Gasteiger partial charge in [0, 0.05) is 12.6 Å². The Labute approximate surface area is 114 Å². The molecule has 0 spiro atoms. The third-order valence-electron chi connectivity index (χ3n) is 3.48. The summed E-state index contributed by atoms with van der Waals surface area (Å²) in [7, 11) is 1.55. The van der Waals surface area contributed by atoms with Gasteiger partial charge in [0.25, 0.3) is 5.91 Å². The highest BCUT2D eigenvalue weighted by Gasteiger charge is 2.33. The average Bonchev–Trinajstić information content (AvgIpc) is 3.23. The third-order valence-corrected chi connectivity index (χ3v) is 3.48. The molecule has 1 aromatic carbocycles. The first-order chi connectivity index (χ1) is 9.19. The monoisotopic (exact) mass is 262 g/mol. The molecule has 0 radical (unpaired) electrons. The molecular weight excluding hydrogens is 240 g/mol. The fourth-order valence-electron chi connectivity index (χ4n) is 2.27. The van der Waals surface area contributed by atoms with Crippen LogP contribution in [0.2, 0.25) is 0 Å². The lowest BCUT2D eigenvalue weighted by atomic mass is 10.1. The zero-order valence-corrected chi connectivity index (χ0v) is 11.7. The maximum absolute atomic E-state index is 12.7. The van der Waals surface area contributed by atoms with E-state index in [9.17, 15) is 4.79 Å². The van der Waals surface area contributed by atoms with Gasteiger partial charge in [-0.25, -0.2) is 0 Å². The molecule has 1 aromatic rings. The van der Waals surface area contributed by atoms with Gasteiger partial charge in [0.1, 0.15) is 0 Å². The number of carbonyl (C=O) groups excluding carboxylic acids is 1. The molecule has 2 rings (SSSR count). The number of anilines is 1. The van der Waals surface area contributed by atoms with Crippen LogP contribution in [-0.4, -0.2) is 30.5 Å². The number of hydrogen-bond acceptors (Lipinski definition) is 3. The average molecular weight is 262 g/mol. The lowest BCUT2D eigenvalue weighted by Gasteiger charge is -2.23. The second-order valence-corrected chi connectivity index (χ2v) is 5.01. The summed E-state index contributed by atoms with van der Waals surface area (Å²) in [5, 5.41) is 0. The number of carbonyl (C=O) groups is 1. The van der Waals surface area contributed by atoms with Crippen LogP contribution in [-0.2, 0) is 0 Å². The molecule has 1 saturated carbocycles. The van der Waals surface area contributed by atoms with Crippen LogP contribution in [0.1, 0.15) is 43.0 Å². The van der Waals surface area contributed by atoms with Gasteiger partial charge in [0.2, 0.25) is 0 Å². The van der Waals surface area contributed by atoms with Crippen LogP contribution in [0.4, 0.5) is 5.69 Å². The molecule has 0 aliphatic heterocycles. The molecule has 0 atom stereocenters. The van der Waals surface area contributed by atoms with Gasteiger partial charge in [-0.15, -0.1) is 0 Å². The SMILES string of the molecule is CCCCN(C(=O)c1cccc(N)c1OC)C1CC1. The van der Waals surface area contributed by atoms with E-state index in [0.29, 0.717) is 23.0 Å². The second-order valence-electron chi connectivity index (χ2n) is 5.01. The molecule has 0 unspecified atom stereocenters. The number of rotatable bonds is 6. The maximum atomic E-state index is 12.7. The summed E-state index contributed by atoms with van der Waals surface area (Å²) < 4.78 is 5.28. The van der Waals surface area contributed by atoms with Crippen LogP contribution in [0.25, 0.3) is 0 Å². The van der Waals surface area contributed by atoms with Gasteiger partial charge in [0.05, 0.1) is 18.4 Å². The molecule has 1 amide bonds. The molecule has 19 heavy (non-hydrogen) atoms. The first-order valence-corrected chi connectivity index (χ1v) is 6.92. The lowest BCUT2D eigenvalue weighted by Crippen LogP contribution is -2.34. The largest absolute Gasteiger partial charge is 0.494 e. The Hall–Kier alpha value is -1.71. The van der Waals surface area contributed by atoms with E-state index in [-0.39, 0.29) is 5.91 Å². The minimum absolute atomic E-state index is 0.0418. The summed E-state index contributed by atoms with van der Waals surface area (Å²) in [6.07, 6.45) is 4.34. The summed E-state index contributed by atoms with van der Waals surface area (Å²) in [5.74, 6) is 0.537. The standard InChI is InChI=1S/C15H22N2O2/c1-3-4-10-17(11-8-9-11)15(18)12-6-5-7-13(16)14(12)19-2/h5-7,11H,3-4,8-10,16H2,1-2H3. The fraction of sp³-hybridized carbons (Fsp3) is 0.533. The van der Waals surface area contributed by atoms with E-state index in [2.05, 4.69) is 6.92 Å². The molecule has 104 valence electrons. The van der Waals surface area contributed by atoms with Gasteiger partial charge >= 0.3 is 0 Å². The van der Waals surface area contributed by atoms with Crippen LogP contribution >= 0.6 is 0 Å². The van der Waals surface area contributed by atoms with E-state index in [1.54, 1.807) is 25.3 Å². The minimum atomic E-state index is 0.0418. The van der Waals surface area contributed by atoms with Gasteiger partial charge in [-0.2, -0.15) is 0 Å². The Bertz CT molecular complexity index is 455. The molecule has 4 heteroatoms. The van der Waals surface area contributed by atoms with Crippen molar-refractivity contribution in [3.8, 4) is 5.75 Å². The van der Waals surface area contributed by atoms with Crippen molar-refractivity contribution in [2.45, 2.75) is 38.6 Å².